The molecule has 7 heteroatoms. The Bertz CT molecular complexity index is 1080. The predicted octanol–water partition coefficient (Wildman–Crippen LogP) is 5.06. The van der Waals surface area contributed by atoms with Crippen LogP contribution in [0.25, 0.3) is 0 Å². The molecule has 0 aliphatic carbocycles. The highest BCUT2D eigenvalue weighted by molar-refractivity contribution is 7.92. The first-order valence-electron chi connectivity index (χ1n) is 8.91. The van der Waals surface area contributed by atoms with Gasteiger partial charge in [-0.05, 0) is 61.0 Å². The molecular weight excluding hydrogens is 410 g/mol. The Hall–Kier alpha value is -2.70. The molecule has 3 aromatic rings. The first-order valence-corrected chi connectivity index (χ1v) is 10.7. The molecule has 152 valence electrons. The van der Waals surface area contributed by atoms with Crippen molar-refractivity contribution in [3.8, 4) is 11.5 Å². The number of methoxy groups -OCH3 is 2. The molecule has 0 N–H and O–H groups in total. The largest absolute Gasteiger partial charge is 0.493 e. The maximum atomic E-state index is 13.4. The van der Waals surface area contributed by atoms with Crippen LogP contribution in [-0.4, -0.2) is 22.6 Å². The zero-order valence-electron chi connectivity index (χ0n) is 16.4. The summed E-state index contributed by atoms with van der Waals surface area (Å²) in [5.41, 5.74) is 2.38. The number of nitrogens with zero attached hydrogens (tertiary/aromatic N) is 1. The summed E-state index contributed by atoms with van der Waals surface area (Å²) in [6.45, 7) is 2.09. The predicted molar refractivity (Wildman–Crippen MR) is 116 cm³/mol. The zero-order chi connectivity index (χ0) is 21.0. The van der Waals surface area contributed by atoms with Crippen molar-refractivity contribution in [3.63, 3.8) is 0 Å². The van der Waals surface area contributed by atoms with Crippen LogP contribution in [0.4, 0.5) is 5.69 Å². The van der Waals surface area contributed by atoms with Gasteiger partial charge in [-0.2, -0.15) is 0 Å². The van der Waals surface area contributed by atoms with E-state index in [2.05, 4.69) is 0 Å². The number of anilines is 1. The molecule has 5 nitrogen and oxygen atoms in total. The molecule has 0 saturated carbocycles. The highest BCUT2D eigenvalue weighted by Crippen LogP contribution is 2.31. The Kier molecular flexibility index (Phi) is 6.35. The van der Waals surface area contributed by atoms with E-state index >= 15 is 0 Å². The van der Waals surface area contributed by atoms with Crippen LogP contribution in [0.3, 0.4) is 0 Å². The van der Waals surface area contributed by atoms with Gasteiger partial charge < -0.3 is 9.47 Å². The van der Waals surface area contributed by atoms with Crippen LogP contribution in [0.5, 0.6) is 11.5 Å². The second kappa shape index (κ2) is 8.76. The average molecular weight is 432 g/mol. The lowest BCUT2D eigenvalue weighted by Crippen LogP contribution is -2.30. The maximum absolute atomic E-state index is 13.4. The third kappa shape index (κ3) is 4.66. The van der Waals surface area contributed by atoms with Crippen molar-refractivity contribution in [3.05, 3.63) is 82.9 Å². The monoisotopic (exact) mass is 431 g/mol. The number of halogens is 1. The summed E-state index contributed by atoms with van der Waals surface area (Å²) in [7, 11) is -0.712. The van der Waals surface area contributed by atoms with Gasteiger partial charge in [0.15, 0.2) is 11.5 Å². The quantitative estimate of drug-likeness (QED) is 0.524. The second-order valence-corrected chi connectivity index (χ2v) is 8.79. The van der Waals surface area contributed by atoms with Crippen LogP contribution >= 0.6 is 11.6 Å². The van der Waals surface area contributed by atoms with Gasteiger partial charge in [-0.15, -0.1) is 0 Å². The van der Waals surface area contributed by atoms with E-state index in [9.17, 15) is 8.42 Å². The van der Waals surface area contributed by atoms with E-state index in [4.69, 9.17) is 21.1 Å². The summed E-state index contributed by atoms with van der Waals surface area (Å²) < 4.78 is 38.9. The van der Waals surface area contributed by atoms with Crippen LogP contribution in [0.1, 0.15) is 11.1 Å². The summed E-state index contributed by atoms with van der Waals surface area (Å²) in [5.74, 6) is 1.12. The third-order valence-corrected chi connectivity index (χ3v) is 6.54. The van der Waals surface area contributed by atoms with E-state index in [1.54, 1.807) is 50.6 Å². The van der Waals surface area contributed by atoms with Crippen LogP contribution in [0, 0.1) is 6.92 Å². The molecule has 0 amide bonds. The van der Waals surface area contributed by atoms with Gasteiger partial charge in [-0.25, -0.2) is 8.42 Å². The van der Waals surface area contributed by atoms with Gasteiger partial charge in [0.05, 0.1) is 31.3 Å². The molecule has 0 radical (unpaired) electrons. The fourth-order valence-corrected chi connectivity index (χ4v) is 4.48. The number of sulfonamides is 1. The minimum absolute atomic E-state index is 0.133. The molecule has 0 aromatic heterocycles. The molecule has 29 heavy (non-hydrogen) atoms. The van der Waals surface area contributed by atoms with E-state index < -0.39 is 10.0 Å². The number of aryl methyl sites for hydroxylation is 1. The van der Waals surface area contributed by atoms with Crippen molar-refractivity contribution in [2.45, 2.75) is 18.4 Å². The van der Waals surface area contributed by atoms with E-state index in [-0.39, 0.29) is 11.4 Å². The zero-order valence-corrected chi connectivity index (χ0v) is 18.0. The van der Waals surface area contributed by atoms with Gasteiger partial charge in [0.1, 0.15) is 0 Å². The van der Waals surface area contributed by atoms with Crippen LogP contribution in [-0.2, 0) is 16.6 Å². The van der Waals surface area contributed by atoms with Gasteiger partial charge in [0, 0.05) is 5.02 Å². The highest BCUT2D eigenvalue weighted by atomic mass is 35.5. The molecule has 0 spiro atoms. The molecule has 0 unspecified atom stereocenters. The number of benzene rings is 3. The van der Waals surface area contributed by atoms with Crippen LogP contribution < -0.4 is 13.8 Å². The SMILES string of the molecule is COc1ccc(CN(c2ccc(C)cc2)S(=O)(=O)c2ccc(Cl)cc2)cc1OC. The van der Waals surface area contributed by atoms with E-state index in [0.717, 1.165) is 11.1 Å². The Labute approximate surface area is 176 Å². The average Bonchev–Trinajstić information content (AvgIpc) is 2.72. The first-order chi connectivity index (χ1) is 13.8. The van der Waals surface area contributed by atoms with Gasteiger partial charge >= 0.3 is 0 Å². The molecule has 0 aliphatic heterocycles. The van der Waals surface area contributed by atoms with Crippen molar-refractivity contribution >= 4 is 27.3 Å². The fraction of sp³-hybridized carbons (Fsp3) is 0.182. The molecule has 3 aromatic carbocycles. The lowest BCUT2D eigenvalue weighted by atomic mass is 10.2. The first kappa shape index (κ1) is 21.0. The number of ether oxygens (including phenoxy) is 2. The summed E-state index contributed by atoms with van der Waals surface area (Å²) in [6.07, 6.45) is 0. The van der Waals surface area contributed by atoms with Gasteiger partial charge in [-0.1, -0.05) is 35.4 Å². The topological polar surface area (TPSA) is 55.8 Å². The van der Waals surface area contributed by atoms with Crippen molar-refractivity contribution in [2.24, 2.45) is 0 Å². The van der Waals surface area contributed by atoms with E-state index in [1.165, 1.54) is 16.4 Å². The van der Waals surface area contributed by atoms with Crippen molar-refractivity contribution < 1.29 is 17.9 Å². The minimum Gasteiger partial charge on any atom is -0.493 e. The van der Waals surface area contributed by atoms with E-state index in [0.29, 0.717) is 22.2 Å². The Morgan fingerprint density at radius 2 is 1.48 bits per heavy atom. The molecule has 0 bridgehead atoms. The smallest absolute Gasteiger partial charge is 0.264 e. The lowest BCUT2D eigenvalue weighted by Gasteiger charge is -2.25. The van der Waals surface area contributed by atoms with E-state index in [1.807, 2.05) is 25.1 Å². The standard InChI is InChI=1S/C22H22ClNO4S/c1-16-4-9-19(10-5-16)24(29(25,26)20-11-7-18(23)8-12-20)15-17-6-13-21(27-2)22(14-17)28-3/h4-14H,15H2,1-3H3. The van der Waals surface area contributed by atoms with Crippen molar-refractivity contribution in [2.75, 3.05) is 18.5 Å². The molecule has 0 fully saturated rings. The minimum atomic E-state index is -3.81. The summed E-state index contributed by atoms with van der Waals surface area (Å²) in [4.78, 5) is 0.169. The number of rotatable bonds is 7. The molecule has 0 atom stereocenters. The molecular formula is C22H22ClNO4S. The van der Waals surface area contributed by atoms with Crippen molar-refractivity contribution in [1.82, 2.24) is 0 Å². The van der Waals surface area contributed by atoms with Crippen LogP contribution in [0.2, 0.25) is 5.02 Å². The number of hydrogen-bond donors (Lipinski definition) is 0. The Balaban J connectivity index is 2.06. The Morgan fingerprint density at radius 3 is 2.07 bits per heavy atom. The van der Waals surface area contributed by atoms with Gasteiger partial charge in [0.25, 0.3) is 10.0 Å². The Morgan fingerprint density at radius 1 is 0.862 bits per heavy atom. The van der Waals surface area contributed by atoms with Gasteiger partial charge in [0.2, 0.25) is 0 Å². The van der Waals surface area contributed by atoms with Crippen molar-refractivity contribution in [1.29, 1.82) is 0 Å². The van der Waals surface area contributed by atoms with Crippen LogP contribution in [0.15, 0.2) is 71.6 Å². The summed E-state index contributed by atoms with van der Waals surface area (Å²) >= 11 is 5.93. The highest BCUT2D eigenvalue weighted by Gasteiger charge is 2.25. The third-order valence-electron chi connectivity index (χ3n) is 4.50. The summed E-state index contributed by atoms with van der Waals surface area (Å²) in [5, 5.41) is 0.478. The summed E-state index contributed by atoms with van der Waals surface area (Å²) in [6, 6.07) is 18.9. The normalized spacial score (nSPS) is 11.2. The molecule has 0 aliphatic rings. The molecule has 0 saturated heterocycles. The second-order valence-electron chi connectivity index (χ2n) is 6.49. The fourth-order valence-electron chi connectivity index (χ4n) is 2.90. The number of hydrogen-bond acceptors (Lipinski definition) is 4. The molecule has 0 heterocycles. The molecule has 3 rings (SSSR count). The maximum Gasteiger partial charge on any atom is 0.264 e. The lowest BCUT2D eigenvalue weighted by molar-refractivity contribution is 0.354. The van der Waals surface area contributed by atoms with Gasteiger partial charge in [-0.3, -0.25) is 4.31 Å².